The Morgan fingerprint density at radius 1 is 0.505 bits per heavy atom. The Bertz CT molecular complexity index is 4010. The van der Waals surface area contributed by atoms with Crippen LogP contribution >= 0.6 is 0 Å². The molecule has 24 aliphatic rings. The second-order valence-electron chi connectivity index (χ2n) is 40.8. The smallest absolute Gasteiger partial charge is 0.320 e. The lowest BCUT2D eigenvalue weighted by Gasteiger charge is -2.41. The van der Waals surface area contributed by atoms with Crippen LogP contribution in [-0.2, 0) is 43.0 Å². The molecule has 22 bridgehead atoms. The summed E-state index contributed by atoms with van der Waals surface area (Å²) in [6.07, 6.45) is 73.8. The summed E-state index contributed by atoms with van der Waals surface area (Å²) in [6, 6.07) is 9.28. The Morgan fingerprint density at radius 2 is 1.06 bits per heavy atom. The van der Waals surface area contributed by atoms with E-state index in [0.717, 1.165) is 181 Å². The summed E-state index contributed by atoms with van der Waals surface area (Å²) < 4.78 is 14.7. The number of rotatable bonds is 6. The molecule has 2 aliphatic heterocycles. The van der Waals surface area contributed by atoms with Crippen molar-refractivity contribution in [2.75, 3.05) is 19.1 Å². The van der Waals surface area contributed by atoms with Gasteiger partial charge in [-0.15, -0.1) is 0 Å². The van der Waals surface area contributed by atoms with Crippen molar-refractivity contribution >= 4 is 41.4 Å². The Labute approximate surface area is 665 Å². The average molecular weight is 1510 g/mol. The van der Waals surface area contributed by atoms with Gasteiger partial charge in [0.15, 0.2) is 0 Å². The zero-order valence-electron chi connectivity index (χ0n) is 68.8. The number of nitrogens with zero attached hydrogens (tertiary/aromatic N) is 1. The van der Waals surface area contributed by atoms with Crippen LogP contribution in [0.15, 0.2) is 151 Å². The molecule has 2 spiro atoms. The predicted molar refractivity (Wildman–Crippen MR) is 439 cm³/mol. The fourth-order valence-electron chi connectivity index (χ4n) is 30.1. The summed E-state index contributed by atoms with van der Waals surface area (Å²) in [7, 11) is 3.07. The standard InChI is InChI=1S/C16H15NO2.C15H20O2.C14H18O2.C11H18.C10H10O3.2C9H14.C9H12.C8H12/c18-14-10-16(9-11-6-7-12(16)8-11)15(19)17(14)13-4-2-1-3-5-13;1-15(14(16)17-2)7-10-6-11(15)13-9-4-3-8(5-9)12(10)13;1-16-14(15)11-6-9-5-10(11)13-8-3-2-7(4-8)12(9)13;1-3-11(4-2)8-9-5-6-10(11)7-9;11-8-5-10(9(12)13-8)4-6-1-2-7(10)3-6;1-6-7(2)9-4-3-8(6)5-9;2*1-2-8-5-7-3-4-9(8)6-7;1-6-4-7-2-3-8(6)5-7/h1-7,11-12H,8-10H2;3-4,8-13H,5-7H2,1-2H3;2-3,7-13H,4-6H2,1H3;5-6,9-10H,3-4,7-8H2,1-2H3;1-2,6-7H,3-5H2;3-4,6-9H,5H2,1-2H3;3-4,7-9H,2,5-6H2,1H3;2-4,7,9H,5-6H2,1H3;2-3,6-8H,4-5H2,1H3/b;;;;;;;8-2-;. The van der Waals surface area contributed by atoms with Crippen LogP contribution in [0.3, 0.4) is 0 Å². The van der Waals surface area contributed by atoms with Crippen LogP contribution in [0.4, 0.5) is 5.69 Å². The molecule has 15 fully saturated rings. The third-order valence-electron chi connectivity index (χ3n) is 36.0. The Balaban J connectivity index is 0.0000000922. The van der Waals surface area contributed by atoms with Crippen molar-refractivity contribution in [1.82, 2.24) is 0 Å². The van der Waals surface area contributed by atoms with Crippen molar-refractivity contribution in [2.24, 2.45) is 205 Å². The molecule has 0 N–H and O–H groups in total. The lowest BCUT2D eigenvalue weighted by molar-refractivity contribution is -0.158. The number of benzene rings is 1. The van der Waals surface area contributed by atoms with Gasteiger partial charge in [0.1, 0.15) is 0 Å². The van der Waals surface area contributed by atoms with E-state index in [0.29, 0.717) is 47.6 Å². The van der Waals surface area contributed by atoms with E-state index in [1.165, 1.54) is 122 Å². The van der Waals surface area contributed by atoms with Gasteiger partial charge in [-0.2, -0.15) is 0 Å². The van der Waals surface area contributed by atoms with E-state index in [2.05, 4.69) is 176 Å². The lowest BCUT2D eigenvalue weighted by atomic mass is 9.63. The third kappa shape index (κ3) is 13.7. The van der Waals surface area contributed by atoms with E-state index in [1.54, 1.807) is 5.57 Å². The summed E-state index contributed by atoms with van der Waals surface area (Å²) in [5.74, 6) is 24.0. The van der Waals surface area contributed by atoms with Gasteiger partial charge < -0.3 is 14.2 Å². The monoisotopic (exact) mass is 1500 g/mol. The Hall–Kier alpha value is -6.16. The maximum atomic E-state index is 12.8. The molecule has 111 heavy (non-hydrogen) atoms. The lowest BCUT2D eigenvalue weighted by Crippen LogP contribution is -2.42. The van der Waals surface area contributed by atoms with Gasteiger partial charge in [-0.05, 0) is 344 Å². The molecular weight excluding hydrogens is 1370 g/mol. The number of amides is 2. The number of esters is 4. The minimum Gasteiger partial charge on any atom is -0.469 e. The van der Waals surface area contributed by atoms with Crippen LogP contribution in [0.1, 0.15) is 209 Å². The molecule has 0 radical (unpaired) electrons. The number of allylic oxidation sites excluding steroid dienone is 20. The van der Waals surface area contributed by atoms with Gasteiger partial charge in [0.05, 0.1) is 48.5 Å². The fourth-order valence-corrected chi connectivity index (χ4v) is 30.1. The number of carbonyl (C=O) groups excluding carboxylic acids is 6. The van der Waals surface area contributed by atoms with E-state index in [9.17, 15) is 28.8 Å². The first-order chi connectivity index (χ1) is 53.6. The number of imide groups is 1. The summed E-state index contributed by atoms with van der Waals surface area (Å²) in [6.45, 7) is 18.5. The molecule has 596 valence electrons. The molecule has 1 aromatic rings. The van der Waals surface area contributed by atoms with E-state index in [4.69, 9.17) is 9.47 Å². The molecule has 2 saturated heterocycles. The molecule has 10 nitrogen and oxygen atoms in total. The van der Waals surface area contributed by atoms with Crippen molar-refractivity contribution in [3.8, 4) is 0 Å². The molecule has 25 rings (SSSR count). The molecular formula is C101H133NO9. The zero-order valence-corrected chi connectivity index (χ0v) is 68.8. The van der Waals surface area contributed by atoms with Crippen LogP contribution in [0, 0.1) is 205 Å². The van der Waals surface area contributed by atoms with Gasteiger partial charge in [0.2, 0.25) is 11.8 Å². The second-order valence-corrected chi connectivity index (χ2v) is 40.8. The number of hydrogen-bond acceptors (Lipinski definition) is 9. The predicted octanol–water partition coefficient (Wildman–Crippen LogP) is 21.7. The molecule has 22 aliphatic carbocycles. The Morgan fingerprint density at radius 3 is 1.50 bits per heavy atom. The SMILES string of the molecule is C/C=C1/CC2C=CC1C2.CC1C2C=CC(C2)C1C.CC1CC2C=CC1C2.CCC1(CC)CC2C=CC1C2.CCC1CC2C=CC1C2.COC(=O)C1(C)CC2CC1C1C3C=CC(C3)C21.COC(=O)C1CC2CC1C1C3C=CC(C3)C21.O=C1CC2(CC3C=CC2C3)C(=O)N1c1ccccc1.O=C1CC2(CC3C=CC2C3)C(=O)O1. The van der Waals surface area contributed by atoms with Crippen molar-refractivity contribution in [3.05, 3.63) is 151 Å². The second kappa shape index (κ2) is 30.8. The molecule has 1 aromatic carbocycles. The highest BCUT2D eigenvalue weighted by molar-refractivity contribution is 6.23. The third-order valence-corrected chi connectivity index (χ3v) is 36.0. The molecule has 2 heterocycles. The van der Waals surface area contributed by atoms with Gasteiger partial charge in [0, 0.05) is 6.42 Å². The highest BCUT2D eigenvalue weighted by Gasteiger charge is 2.68. The van der Waals surface area contributed by atoms with Crippen LogP contribution in [0.25, 0.3) is 0 Å². The van der Waals surface area contributed by atoms with Crippen molar-refractivity contribution in [1.29, 1.82) is 0 Å². The number of hydrogen-bond donors (Lipinski definition) is 0. The van der Waals surface area contributed by atoms with Gasteiger partial charge in [-0.3, -0.25) is 33.7 Å². The normalized spacial score (nSPS) is 47.6. The number of methoxy groups -OCH3 is 2. The maximum Gasteiger partial charge on any atom is 0.320 e. The topological polar surface area (TPSA) is 133 Å². The quantitative estimate of drug-likeness (QED) is 0.0682. The molecule has 0 aromatic heterocycles. The number of ether oxygens (including phenoxy) is 3. The molecule has 10 heteroatoms. The molecule has 34 atom stereocenters. The number of cyclic esters (lactones) is 2. The number of fused-ring (bicyclic) bond motifs is 34. The largest absolute Gasteiger partial charge is 0.469 e. The summed E-state index contributed by atoms with van der Waals surface area (Å²) >= 11 is 0. The van der Waals surface area contributed by atoms with E-state index < -0.39 is 10.8 Å². The maximum absolute atomic E-state index is 12.8. The average Bonchev–Trinajstić information content (AvgIpc) is 1.54. The first kappa shape index (κ1) is 77.4. The Kier molecular flexibility index (Phi) is 21.5. The van der Waals surface area contributed by atoms with E-state index >= 15 is 0 Å². The van der Waals surface area contributed by atoms with Gasteiger partial charge >= 0.3 is 23.9 Å². The van der Waals surface area contributed by atoms with Gasteiger partial charge in [0.25, 0.3) is 0 Å². The van der Waals surface area contributed by atoms with Crippen LogP contribution in [0.2, 0.25) is 0 Å². The minimum atomic E-state index is -0.462. The summed E-state index contributed by atoms with van der Waals surface area (Å²) in [4.78, 5) is 72.9. The van der Waals surface area contributed by atoms with Crippen LogP contribution in [-0.4, -0.2) is 49.9 Å². The van der Waals surface area contributed by atoms with Gasteiger partial charge in [-0.1, -0.05) is 187 Å². The zero-order chi connectivity index (χ0) is 77.2. The fraction of sp³-hybridized carbons (Fsp3) is 0.683. The van der Waals surface area contributed by atoms with Gasteiger partial charge in [-0.25, -0.2) is 0 Å². The number of anilines is 1. The highest BCUT2D eigenvalue weighted by atomic mass is 16.6. The molecule has 13 saturated carbocycles. The molecule has 34 unspecified atom stereocenters. The van der Waals surface area contributed by atoms with E-state index in [1.807, 2.05) is 30.3 Å². The van der Waals surface area contributed by atoms with Crippen molar-refractivity contribution in [2.45, 2.75) is 209 Å². The van der Waals surface area contributed by atoms with Crippen molar-refractivity contribution in [3.63, 3.8) is 0 Å². The van der Waals surface area contributed by atoms with Crippen LogP contribution < -0.4 is 4.90 Å². The number of carbonyl (C=O) groups is 6. The first-order valence-electron chi connectivity index (χ1n) is 45.2. The first-order valence-corrected chi connectivity index (χ1v) is 45.2. The summed E-state index contributed by atoms with van der Waals surface area (Å²) in [5, 5.41) is 0. The van der Waals surface area contributed by atoms with E-state index in [-0.39, 0.29) is 58.9 Å². The number of para-hydroxylation sites is 1. The minimum absolute atomic E-state index is 0.0144. The molecule has 2 amide bonds. The highest BCUT2D eigenvalue weighted by Crippen LogP contribution is 2.71. The summed E-state index contributed by atoms with van der Waals surface area (Å²) in [5.41, 5.74) is 2.00. The van der Waals surface area contributed by atoms with Crippen molar-refractivity contribution < 1.29 is 43.0 Å². The van der Waals surface area contributed by atoms with Crippen LogP contribution in [0.5, 0.6) is 0 Å².